The SMILES string of the molecule is COc1cc(/C=C2\CCC3CCC(c4ccc(F)cc4)N3C2=O)ccc1-n1cnc(C)c1. The number of aromatic nitrogens is 2. The van der Waals surface area contributed by atoms with E-state index in [1.165, 1.54) is 12.1 Å². The maximum Gasteiger partial charge on any atom is 0.250 e. The van der Waals surface area contributed by atoms with Crippen LogP contribution in [0, 0.1) is 12.7 Å². The predicted molar refractivity (Wildman–Crippen MR) is 121 cm³/mol. The molecule has 2 saturated heterocycles. The second-order valence-electron chi connectivity index (χ2n) is 8.57. The van der Waals surface area contributed by atoms with Crippen LogP contribution in [0.3, 0.4) is 0 Å². The van der Waals surface area contributed by atoms with E-state index in [2.05, 4.69) is 4.98 Å². The Labute approximate surface area is 187 Å². The number of aryl methyl sites for hydroxylation is 1. The first kappa shape index (κ1) is 20.5. The summed E-state index contributed by atoms with van der Waals surface area (Å²) in [4.78, 5) is 19.8. The minimum absolute atomic E-state index is 0.0122. The van der Waals surface area contributed by atoms with Crippen molar-refractivity contribution in [2.24, 2.45) is 0 Å². The zero-order chi connectivity index (χ0) is 22.2. The maximum absolute atomic E-state index is 13.4. The number of amides is 1. The van der Waals surface area contributed by atoms with Gasteiger partial charge in [0, 0.05) is 17.8 Å². The quantitative estimate of drug-likeness (QED) is 0.531. The number of methoxy groups -OCH3 is 1. The summed E-state index contributed by atoms with van der Waals surface area (Å²) in [6, 6.07) is 12.8. The van der Waals surface area contributed by atoms with E-state index in [9.17, 15) is 9.18 Å². The molecule has 1 aromatic heterocycles. The lowest BCUT2D eigenvalue weighted by Gasteiger charge is -2.35. The monoisotopic (exact) mass is 431 g/mol. The van der Waals surface area contributed by atoms with Gasteiger partial charge >= 0.3 is 0 Å². The van der Waals surface area contributed by atoms with Crippen LogP contribution in [0.15, 0.2) is 60.6 Å². The number of carbonyl (C=O) groups excluding carboxylic acids is 1. The van der Waals surface area contributed by atoms with E-state index in [0.29, 0.717) is 0 Å². The summed E-state index contributed by atoms with van der Waals surface area (Å²) in [7, 11) is 1.65. The van der Waals surface area contributed by atoms with Gasteiger partial charge in [0.05, 0.1) is 30.9 Å². The Morgan fingerprint density at radius 2 is 1.94 bits per heavy atom. The Morgan fingerprint density at radius 1 is 1.12 bits per heavy atom. The van der Waals surface area contributed by atoms with Crippen molar-refractivity contribution < 1.29 is 13.9 Å². The number of carbonyl (C=O) groups is 1. The third-order valence-corrected chi connectivity index (χ3v) is 6.55. The first-order chi connectivity index (χ1) is 15.5. The van der Waals surface area contributed by atoms with E-state index in [4.69, 9.17) is 4.74 Å². The van der Waals surface area contributed by atoms with E-state index in [-0.39, 0.29) is 23.8 Å². The van der Waals surface area contributed by atoms with Crippen LogP contribution < -0.4 is 4.74 Å². The highest BCUT2D eigenvalue weighted by Gasteiger charge is 2.41. The van der Waals surface area contributed by atoms with Gasteiger partial charge in [-0.1, -0.05) is 18.2 Å². The Kier molecular flexibility index (Phi) is 5.29. The molecule has 0 N–H and O–H groups in total. The normalized spacial score (nSPS) is 21.8. The van der Waals surface area contributed by atoms with E-state index >= 15 is 0 Å². The molecule has 0 spiro atoms. The summed E-state index contributed by atoms with van der Waals surface area (Å²) in [6.45, 7) is 1.95. The van der Waals surface area contributed by atoms with Crippen LogP contribution >= 0.6 is 0 Å². The number of halogens is 1. The zero-order valence-electron chi connectivity index (χ0n) is 18.3. The van der Waals surface area contributed by atoms with Crippen LogP contribution in [0.2, 0.25) is 0 Å². The third-order valence-electron chi connectivity index (χ3n) is 6.55. The zero-order valence-corrected chi connectivity index (χ0v) is 18.3. The molecule has 0 saturated carbocycles. The lowest BCUT2D eigenvalue weighted by Crippen LogP contribution is -2.41. The molecular formula is C26H26FN3O2. The van der Waals surface area contributed by atoms with Gasteiger partial charge in [0.1, 0.15) is 11.6 Å². The fourth-order valence-corrected chi connectivity index (χ4v) is 4.97. The molecular weight excluding hydrogens is 405 g/mol. The highest BCUT2D eigenvalue weighted by atomic mass is 19.1. The fraction of sp³-hybridized carbons (Fsp3) is 0.308. The summed E-state index contributed by atoms with van der Waals surface area (Å²) in [5.74, 6) is 0.557. The van der Waals surface area contributed by atoms with Gasteiger partial charge in [-0.25, -0.2) is 9.37 Å². The molecule has 2 aliphatic rings. The Bertz CT molecular complexity index is 1180. The van der Waals surface area contributed by atoms with Crippen molar-refractivity contribution in [2.45, 2.75) is 44.7 Å². The predicted octanol–water partition coefficient (Wildman–Crippen LogP) is 5.24. The van der Waals surface area contributed by atoms with Crippen LogP contribution in [-0.4, -0.2) is 33.5 Å². The molecule has 1 amide bonds. The van der Waals surface area contributed by atoms with Crippen molar-refractivity contribution in [1.29, 1.82) is 0 Å². The van der Waals surface area contributed by atoms with Gasteiger partial charge in [-0.15, -0.1) is 0 Å². The number of rotatable bonds is 4. The van der Waals surface area contributed by atoms with Crippen molar-refractivity contribution in [2.75, 3.05) is 7.11 Å². The average molecular weight is 432 g/mol. The van der Waals surface area contributed by atoms with E-state index in [1.54, 1.807) is 25.6 Å². The first-order valence-electron chi connectivity index (χ1n) is 11.0. The molecule has 3 heterocycles. The highest BCUT2D eigenvalue weighted by molar-refractivity contribution is 5.99. The van der Waals surface area contributed by atoms with Gasteiger partial charge in [-0.3, -0.25) is 4.79 Å². The smallest absolute Gasteiger partial charge is 0.250 e. The lowest BCUT2D eigenvalue weighted by molar-refractivity contribution is -0.131. The molecule has 2 aromatic carbocycles. The van der Waals surface area contributed by atoms with Gasteiger partial charge < -0.3 is 14.2 Å². The van der Waals surface area contributed by atoms with Crippen LogP contribution in [-0.2, 0) is 4.79 Å². The molecule has 2 unspecified atom stereocenters. The van der Waals surface area contributed by atoms with E-state index in [0.717, 1.165) is 59.5 Å². The molecule has 0 bridgehead atoms. The molecule has 0 radical (unpaired) electrons. The largest absolute Gasteiger partial charge is 0.495 e. The molecule has 0 aliphatic carbocycles. The van der Waals surface area contributed by atoms with Gasteiger partial charge in [0.2, 0.25) is 0 Å². The molecule has 5 nitrogen and oxygen atoms in total. The molecule has 164 valence electrons. The van der Waals surface area contributed by atoms with Gasteiger partial charge in [-0.05, 0) is 74.1 Å². The number of benzene rings is 2. The molecule has 2 atom stereocenters. The average Bonchev–Trinajstić information content (AvgIpc) is 3.43. The maximum atomic E-state index is 13.4. The number of piperidine rings is 1. The standard InChI is InChI=1S/C26H26FN3O2/c1-17-15-29(16-28-17)24-11-3-18(14-25(24)32-2)13-20-6-9-22-10-12-23(30(22)26(20)31)19-4-7-21(27)8-5-19/h3-5,7-8,11,13-16,22-23H,6,9-10,12H2,1-2H3/b20-13+. The van der Waals surface area contributed by atoms with Crippen molar-refractivity contribution in [3.63, 3.8) is 0 Å². The number of nitrogens with zero attached hydrogens (tertiary/aromatic N) is 3. The fourth-order valence-electron chi connectivity index (χ4n) is 4.97. The summed E-state index contributed by atoms with van der Waals surface area (Å²) in [5.41, 5.74) is 4.58. The summed E-state index contributed by atoms with van der Waals surface area (Å²) >= 11 is 0. The topological polar surface area (TPSA) is 47.4 Å². The Hall–Kier alpha value is -3.41. The molecule has 32 heavy (non-hydrogen) atoms. The van der Waals surface area contributed by atoms with Gasteiger partial charge in [0.15, 0.2) is 0 Å². The van der Waals surface area contributed by atoms with E-state index < -0.39 is 0 Å². The lowest BCUT2D eigenvalue weighted by atomic mass is 9.95. The molecule has 2 aliphatic heterocycles. The van der Waals surface area contributed by atoms with Crippen LogP contribution in [0.5, 0.6) is 5.75 Å². The summed E-state index contributed by atoms with van der Waals surface area (Å²) in [6.07, 6.45) is 9.32. The second kappa shape index (κ2) is 8.26. The number of ether oxygens (including phenoxy) is 1. The summed E-state index contributed by atoms with van der Waals surface area (Å²) in [5, 5.41) is 0. The van der Waals surface area contributed by atoms with Crippen molar-refractivity contribution in [3.8, 4) is 11.4 Å². The minimum Gasteiger partial charge on any atom is -0.495 e. The minimum atomic E-state index is -0.253. The van der Waals surface area contributed by atoms with Crippen molar-refractivity contribution in [1.82, 2.24) is 14.5 Å². The van der Waals surface area contributed by atoms with Crippen LogP contribution in [0.1, 0.15) is 48.5 Å². The van der Waals surface area contributed by atoms with Crippen molar-refractivity contribution >= 4 is 12.0 Å². The second-order valence-corrected chi connectivity index (χ2v) is 8.57. The summed E-state index contributed by atoms with van der Waals surface area (Å²) < 4.78 is 20.9. The number of hydrogen-bond acceptors (Lipinski definition) is 3. The van der Waals surface area contributed by atoms with Gasteiger partial charge in [0.25, 0.3) is 5.91 Å². The van der Waals surface area contributed by atoms with Crippen LogP contribution in [0.4, 0.5) is 4.39 Å². The van der Waals surface area contributed by atoms with Crippen molar-refractivity contribution in [3.05, 3.63) is 83.2 Å². The number of imidazole rings is 1. The number of fused-ring (bicyclic) bond motifs is 1. The molecule has 2 fully saturated rings. The third kappa shape index (κ3) is 3.70. The Morgan fingerprint density at radius 3 is 2.66 bits per heavy atom. The van der Waals surface area contributed by atoms with Crippen LogP contribution in [0.25, 0.3) is 11.8 Å². The Balaban J connectivity index is 1.43. The van der Waals surface area contributed by atoms with Gasteiger partial charge in [-0.2, -0.15) is 0 Å². The number of hydrogen-bond donors (Lipinski definition) is 0. The first-order valence-corrected chi connectivity index (χ1v) is 11.0. The van der Waals surface area contributed by atoms with E-state index in [1.807, 2.05) is 46.9 Å². The molecule has 3 aromatic rings. The highest BCUT2D eigenvalue weighted by Crippen LogP contribution is 2.42. The molecule has 5 rings (SSSR count). The molecule has 6 heteroatoms.